The first kappa shape index (κ1) is 12.9. The van der Waals surface area contributed by atoms with E-state index in [1.54, 1.807) is 0 Å². The molecule has 0 spiro atoms. The van der Waals surface area contributed by atoms with Gasteiger partial charge in [0, 0.05) is 12.5 Å². The molecule has 0 radical (unpaired) electrons. The van der Waals surface area contributed by atoms with Gasteiger partial charge in [-0.15, -0.1) is 0 Å². The highest BCUT2D eigenvalue weighted by molar-refractivity contribution is 5.77. The van der Waals surface area contributed by atoms with E-state index in [1.807, 2.05) is 0 Å². The number of carbonyl (C=O) groups excluding carboxylic acids is 1. The number of piperidine rings is 1. The van der Waals surface area contributed by atoms with E-state index in [4.69, 9.17) is 5.73 Å². The van der Waals surface area contributed by atoms with E-state index in [0.717, 1.165) is 12.1 Å². The molecule has 2 atom stereocenters. The third kappa shape index (κ3) is 2.64. The van der Waals surface area contributed by atoms with Gasteiger partial charge in [-0.3, -0.25) is 4.79 Å². The second-order valence-electron chi connectivity index (χ2n) is 4.37. The van der Waals surface area contributed by atoms with E-state index in [9.17, 15) is 18.0 Å². The first-order chi connectivity index (χ1) is 8.38. The molecule has 1 aliphatic heterocycles. The molecule has 1 aromatic carbocycles. The highest BCUT2D eigenvalue weighted by Crippen LogP contribution is 2.31. The summed E-state index contributed by atoms with van der Waals surface area (Å²) in [6.07, 6.45) is -3.45. The molecule has 1 amide bonds. The number of hydrogen-bond donors (Lipinski definition) is 2. The number of alkyl halides is 3. The number of nitrogens with one attached hydrogen (secondary N) is 1. The molecule has 3 nitrogen and oxygen atoms in total. The number of carbonyl (C=O) groups is 1. The summed E-state index contributed by atoms with van der Waals surface area (Å²) in [7, 11) is 0. The molecule has 0 bridgehead atoms. The lowest BCUT2D eigenvalue weighted by Gasteiger charge is -2.30. The van der Waals surface area contributed by atoms with Crippen LogP contribution in [-0.2, 0) is 11.0 Å². The predicted octanol–water partition coefficient (Wildman–Crippen LogP) is 1.98. The van der Waals surface area contributed by atoms with Gasteiger partial charge in [-0.2, -0.15) is 13.2 Å². The SMILES string of the molecule is NC1CCC(=O)NC1c1ccc(C(F)(F)F)cc1. The van der Waals surface area contributed by atoms with E-state index < -0.39 is 17.8 Å². The topological polar surface area (TPSA) is 55.1 Å². The van der Waals surface area contributed by atoms with Gasteiger partial charge in [-0.05, 0) is 24.1 Å². The van der Waals surface area contributed by atoms with Crippen molar-refractivity contribution in [2.24, 2.45) is 5.73 Å². The van der Waals surface area contributed by atoms with E-state index in [0.29, 0.717) is 18.4 Å². The maximum atomic E-state index is 12.4. The van der Waals surface area contributed by atoms with Crippen molar-refractivity contribution in [3.8, 4) is 0 Å². The van der Waals surface area contributed by atoms with Crippen LogP contribution in [0.1, 0.15) is 30.0 Å². The summed E-state index contributed by atoms with van der Waals surface area (Å²) in [5.74, 6) is -0.124. The minimum absolute atomic E-state index is 0.124. The van der Waals surface area contributed by atoms with Crippen LogP contribution in [0.5, 0.6) is 0 Å². The molecule has 18 heavy (non-hydrogen) atoms. The Kier molecular flexibility index (Phi) is 3.30. The molecule has 1 fully saturated rings. The molecule has 98 valence electrons. The summed E-state index contributed by atoms with van der Waals surface area (Å²) in [5, 5.41) is 2.70. The first-order valence-corrected chi connectivity index (χ1v) is 5.60. The van der Waals surface area contributed by atoms with Gasteiger partial charge in [0.1, 0.15) is 0 Å². The van der Waals surface area contributed by atoms with Crippen LogP contribution in [0.3, 0.4) is 0 Å². The van der Waals surface area contributed by atoms with E-state index in [2.05, 4.69) is 5.32 Å². The van der Waals surface area contributed by atoms with Gasteiger partial charge in [0.05, 0.1) is 11.6 Å². The quantitative estimate of drug-likeness (QED) is 0.809. The van der Waals surface area contributed by atoms with Crippen LogP contribution in [0.4, 0.5) is 13.2 Å². The molecule has 6 heteroatoms. The number of rotatable bonds is 1. The predicted molar refractivity (Wildman–Crippen MR) is 59.5 cm³/mol. The third-order valence-corrected chi connectivity index (χ3v) is 3.05. The molecule has 0 aliphatic carbocycles. The van der Waals surface area contributed by atoms with Crippen LogP contribution < -0.4 is 11.1 Å². The summed E-state index contributed by atoms with van der Waals surface area (Å²) in [6.45, 7) is 0. The van der Waals surface area contributed by atoms with Crippen LogP contribution in [0.2, 0.25) is 0 Å². The Bertz CT molecular complexity index is 442. The van der Waals surface area contributed by atoms with Crippen LogP contribution in [0.25, 0.3) is 0 Å². The van der Waals surface area contributed by atoms with Crippen molar-refractivity contribution in [3.63, 3.8) is 0 Å². The lowest BCUT2D eigenvalue weighted by Crippen LogP contribution is -2.45. The van der Waals surface area contributed by atoms with Gasteiger partial charge < -0.3 is 11.1 Å². The Morgan fingerprint density at radius 3 is 2.39 bits per heavy atom. The zero-order valence-electron chi connectivity index (χ0n) is 9.50. The Morgan fingerprint density at radius 2 is 1.83 bits per heavy atom. The van der Waals surface area contributed by atoms with Crippen molar-refractivity contribution in [2.75, 3.05) is 0 Å². The minimum Gasteiger partial charge on any atom is -0.348 e. The standard InChI is InChI=1S/C12H13F3N2O/c13-12(14,15)8-3-1-7(2-4-8)11-9(16)5-6-10(18)17-11/h1-4,9,11H,5-6,16H2,(H,17,18). The van der Waals surface area contributed by atoms with Crippen LogP contribution >= 0.6 is 0 Å². The van der Waals surface area contributed by atoms with Gasteiger partial charge in [-0.1, -0.05) is 12.1 Å². The van der Waals surface area contributed by atoms with Crippen molar-refractivity contribution in [3.05, 3.63) is 35.4 Å². The van der Waals surface area contributed by atoms with Crippen molar-refractivity contribution < 1.29 is 18.0 Å². The molecule has 0 aromatic heterocycles. The Morgan fingerprint density at radius 1 is 1.22 bits per heavy atom. The van der Waals surface area contributed by atoms with E-state index in [-0.39, 0.29) is 11.9 Å². The number of nitrogens with two attached hydrogens (primary N) is 1. The number of amides is 1. The van der Waals surface area contributed by atoms with Crippen LogP contribution in [0, 0.1) is 0 Å². The molecular formula is C12H13F3N2O. The maximum absolute atomic E-state index is 12.4. The lowest BCUT2D eigenvalue weighted by molar-refractivity contribution is -0.137. The Labute approximate surface area is 102 Å². The molecule has 1 saturated heterocycles. The van der Waals surface area contributed by atoms with Crippen molar-refractivity contribution in [1.82, 2.24) is 5.32 Å². The maximum Gasteiger partial charge on any atom is 0.416 e. The molecule has 3 N–H and O–H groups in total. The second-order valence-corrected chi connectivity index (χ2v) is 4.37. The van der Waals surface area contributed by atoms with Gasteiger partial charge in [0.25, 0.3) is 0 Å². The average molecular weight is 258 g/mol. The Hall–Kier alpha value is -1.56. The zero-order chi connectivity index (χ0) is 13.3. The number of hydrogen-bond acceptors (Lipinski definition) is 2. The average Bonchev–Trinajstić information content (AvgIpc) is 2.31. The van der Waals surface area contributed by atoms with E-state index in [1.165, 1.54) is 12.1 Å². The lowest BCUT2D eigenvalue weighted by atomic mass is 9.92. The molecule has 1 aliphatic rings. The minimum atomic E-state index is -4.35. The van der Waals surface area contributed by atoms with Crippen molar-refractivity contribution in [1.29, 1.82) is 0 Å². The van der Waals surface area contributed by atoms with Crippen molar-refractivity contribution >= 4 is 5.91 Å². The number of benzene rings is 1. The van der Waals surface area contributed by atoms with Gasteiger partial charge >= 0.3 is 6.18 Å². The number of halogens is 3. The fourth-order valence-electron chi connectivity index (χ4n) is 2.03. The largest absolute Gasteiger partial charge is 0.416 e. The first-order valence-electron chi connectivity index (χ1n) is 5.60. The summed E-state index contributed by atoms with van der Waals surface area (Å²) < 4.78 is 37.2. The van der Waals surface area contributed by atoms with Crippen LogP contribution in [-0.4, -0.2) is 11.9 Å². The fourth-order valence-corrected chi connectivity index (χ4v) is 2.03. The second kappa shape index (κ2) is 4.61. The monoisotopic (exact) mass is 258 g/mol. The van der Waals surface area contributed by atoms with Gasteiger partial charge in [0.15, 0.2) is 0 Å². The highest BCUT2D eigenvalue weighted by atomic mass is 19.4. The third-order valence-electron chi connectivity index (χ3n) is 3.05. The molecule has 1 heterocycles. The van der Waals surface area contributed by atoms with Gasteiger partial charge in [0.2, 0.25) is 5.91 Å². The summed E-state index contributed by atoms with van der Waals surface area (Å²) in [5.41, 5.74) is 5.75. The zero-order valence-corrected chi connectivity index (χ0v) is 9.50. The van der Waals surface area contributed by atoms with Gasteiger partial charge in [-0.25, -0.2) is 0 Å². The molecule has 1 aromatic rings. The van der Waals surface area contributed by atoms with Crippen LogP contribution in [0.15, 0.2) is 24.3 Å². The normalized spacial score (nSPS) is 24.8. The van der Waals surface area contributed by atoms with E-state index >= 15 is 0 Å². The summed E-state index contributed by atoms with van der Waals surface area (Å²) in [4.78, 5) is 11.3. The highest BCUT2D eigenvalue weighted by Gasteiger charge is 2.31. The molecule has 0 saturated carbocycles. The summed E-state index contributed by atoms with van der Waals surface area (Å²) in [6, 6.07) is 4.05. The summed E-state index contributed by atoms with van der Waals surface area (Å²) >= 11 is 0. The molecule has 2 rings (SSSR count). The Balaban J connectivity index is 2.21. The van der Waals surface area contributed by atoms with Crippen molar-refractivity contribution in [2.45, 2.75) is 31.1 Å². The fraction of sp³-hybridized carbons (Fsp3) is 0.417. The smallest absolute Gasteiger partial charge is 0.348 e. The molecule has 2 unspecified atom stereocenters. The molecular weight excluding hydrogens is 245 g/mol.